The van der Waals surface area contributed by atoms with Crippen molar-refractivity contribution < 1.29 is 4.79 Å². The van der Waals surface area contributed by atoms with E-state index in [4.69, 9.17) is 12.2 Å². The van der Waals surface area contributed by atoms with Crippen molar-refractivity contribution in [1.82, 2.24) is 10.2 Å². The van der Waals surface area contributed by atoms with Gasteiger partial charge < -0.3 is 15.1 Å². The summed E-state index contributed by atoms with van der Waals surface area (Å²) < 4.78 is 0. The summed E-state index contributed by atoms with van der Waals surface area (Å²) >= 11 is 5.62. The summed E-state index contributed by atoms with van der Waals surface area (Å²) in [5.74, 6) is 0.0107. The van der Waals surface area contributed by atoms with Gasteiger partial charge in [-0.3, -0.25) is 4.79 Å². The molecule has 2 aliphatic rings. The summed E-state index contributed by atoms with van der Waals surface area (Å²) in [6, 6.07) is 18.0. The molecule has 1 N–H and O–H groups in total. The molecule has 0 bridgehead atoms. The minimum atomic E-state index is -0.841. The predicted molar refractivity (Wildman–Crippen MR) is 103 cm³/mol. The van der Waals surface area contributed by atoms with Gasteiger partial charge >= 0.3 is 0 Å². The molecule has 1 unspecified atom stereocenters. The summed E-state index contributed by atoms with van der Waals surface area (Å²) in [4.78, 5) is 16.7. The number of nitrogens with zero attached hydrogens (tertiary/aromatic N) is 2. The topological polar surface area (TPSA) is 35.6 Å². The summed E-state index contributed by atoms with van der Waals surface area (Å²) in [7, 11) is 1.81. The van der Waals surface area contributed by atoms with Crippen molar-refractivity contribution in [2.45, 2.75) is 18.5 Å². The first kappa shape index (κ1) is 15.8. The number of thiocarbonyl (C=S) groups is 1. The van der Waals surface area contributed by atoms with Crippen LogP contribution in [-0.4, -0.2) is 23.0 Å². The van der Waals surface area contributed by atoms with Crippen LogP contribution in [0.25, 0.3) is 0 Å². The van der Waals surface area contributed by atoms with Gasteiger partial charge in [0.15, 0.2) is 10.7 Å². The zero-order chi connectivity index (χ0) is 17.6. The number of benzene rings is 2. The monoisotopic (exact) mass is 349 g/mol. The Kier molecular flexibility index (Phi) is 3.62. The molecule has 1 amide bonds. The van der Waals surface area contributed by atoms with Crippen molar-refractivity contribution in [1.29, 1.82) is 0 Å². The van der Waals surface area contributed by atoms with Crippen LogP contribution < -0.4 is 10.2 Å². The Morgan fingerprint density at radius 3 is 2.56 bits per heavy atom. The van der Waals surface area contributed by atoms with Crippen molar-refractivity contribution in [3.8, 4) is 0 Å². The average molecular weight is 349 g/mol. The molecular weight excluding hydrogens is 330 g/mol. The molecule has 2 aliphatic heterocycles. The summed E-state index contributed by atoms with van der Waals surface area (Å²) in [5, 5.41) is 3.87. The molecule has 0 saturated carbocycles. The Morgan fingerprint density at radius 2 is 1.84 bits per heavy atom. The zero-order valence-electron chi connectivity index (χ0n) is 14.0. The van der Waals surface area contributed by atoms with Gasteiger partial charge in [0.1, 0.15) is 0 Å². The molecule has 0 aromatic heterocycles. The van der Waals surface area contributed by atoms with Gasteiger partial charge in [0, 0.05) is 37.0 Å². The Bertz CT molecular complexity index is 860. The number of anilines is 1. The molecule has 126 valence electrons. The lowest BCUT2D eigenvalue weighted by atomic mass is 9.85. The van der Waals surface area contributed by atoms with Crippen LogP contribution in [-0.2, 0) is 16.9 Å². The highest BCUT2D eigenvalue weighted by atomic mass is 32.1. The number of hydrogen-bond acceptors (Lipinski definition) is 2. The first-order chi connectivity index (χ1) is 12.0. The standard InChI is InChI=1S/C20H19N3OS/c1-14-12-20(16-10-6-7-11-17(16)22(2)18(20)24)21-19(25)23(14)13-15-8-4-3-5-9-15/h3-11H,1,12-13H2,2H3,(H,21,25). The Morgan fingerprint density at radius 1 is 1.16 bits per heavy atom. The molecule has 0 radical (unpaired) electrons. The van der Waals surface area contributed by atoms with Gasteiger partial charge in [0.2, 0.25) is 0 Å². The number of amides is 1. The van der Waals surface area contributed by atoms with Gasteiger partial charge in [-0.05, 0) is 23.8 Å². The van der Waals surface area contributed by atoms with Gasteiger partial charge in [0.25, 0.3) is 5.91 Å². The molecular formula is C20H19N3OS. The molecule has 5 heteroatoms. The van der Waals surface area contributed by atoms with Crippen LogP contribution in [0.1, 0.15) is 17.5 Å². The van der Waals surface area contributed by atoms with E-state index in [1.54, 1.807) is 11.9 Å². The smallest absolute Gasteiger partial charge is 0.257 e. The fourth-order valence-electron chi connectivity index (χ4n) is 3.72. The highest BCUT2D eigenvalue weighted by Gasteiger charge is 2.53. The molecule has 0 aliphatic carbocycles. The fraction of sp³-hybridized carbons (Fsp3) is 0.200. The summed E-state index contributed by atoms with van der Waals surface area (Å²) in [6.45, 7) is 4.87. The summed E-state index contributed by atoms with van der Waals surface area (Å²) in [5.41, 5.74) is 3.05. The molecule has 25 heavy (non-hydrogen) atoms. The number of likely N-dealkylation sites (N-methyl/N-ethyl adjacent to an activating group) is 1. The van der Waals surface area contributed by atoms with E-state index >= 15 is 0 Å². The van der Waals surface area contributed by atoms with Gasteiger partial charge in [-0.25, -0.2) is 0 Å². The van der Waals surface area contributed by atoms with Gasteiger partial charge in [-0.15, -0.1) is 0 Å². The third kappa shape index (κ3) is 2.35. The van der Waals surface area contributed by atoms with Crippen LogP contribution in [0.3, 0.4) is 0 Å². The van der Waals surface area contributed by atoms with E-state index in [2.05, 4.69) is 24.0 Å². The van der Waals surface area contributed by atoms with Crippen LogP contribution in [0.4, 0.5) is 5.69 Å². The SMILES string of the molecule is C=C1CC2(NC(=S)N1Cc1ccccc1)C(=O)N(C)c1ccccc12. The van der Waals surface area contributed by atoms with E-state index < -0.39 is 5.54 Å². The Hall–Kier alpha value is -2.66. The maximum absolute atomic E-state index is 13.0. The molecule has 4 rings (SSSR count). The van der Waals surface area contributed by atoms with E-state index in [9.17, 15) is 4.79 Å². The lowest BCUT2D eigenvalue weighted by Gasteiger charge is -2.42. The van der Waals surface area contributed by atoms with Gasteiger partial charge in [-0.1, -0.05) is 55.1 Å². The number of nitrogens with one attached hydrogen (secondary N) is 1. The van der Waals surface area contributed by atoms with Crippen molar-refractivity contribution >= 4 is 28.9 Å². The lowest BCUT2D eigenvalue weighted by Crippen LogP contribution is -2.60. The molecule has 1 fully saturated rings. The highest BCUT2D eigenvalue weighted by Crippen LogP contribution is 2.45. The number of rotatable bonds is 2. The predicted octanol–water partition coefficient (Wildman–Crippen LogP) is 3.15. The number of carbonyl (C=O) groups is 1. The normalized spacial score (nSPS) is 22.4. The highest BCUT2D eigenvalue weighted by molar-refractivity contribution is 7.80. The molecule has 2 heterocycles. The number of hydrogen-bond donors (Lipinski definition) is 1. The van der Waals surface area contributed by atoms with Crippen LogP contribution in [0.2, 0.25) is 0 Å². The molecule has 2 aromatic rings. The van der Waals surface area contributed by atoms with Crippen molar-refractivity contribution in [3.05, 3.63) is 78.0 Å². The van der Waals surface area contributed by atoms with Gasteiger partial charge in [0.05, 0.1) is 0 Å². The lowest BCUT2D eigenvalue weighted by molar-refractivity contribution is -0.123. The van der Waals surface area contributed by atoms with E-state index in [0.29, 0.717) is 18.1 Å². The average Bonchev–Trinajstić information content (AvgIpc) is 2.82. The number of fused-ring (bicyclic) bond motifs is 2. The molecule has 1 spiro atoms. The quantitative estimate of drug-likeness (QED) is 0.845. The minimum Gasteiger partial charge on any atom is -0.344 e. The largest absolute Gasteiger partial charge is 0.344 e. The third-order valence-corrected chi connectivity index (χ3v) is 5.32. The van der Waals surface area contributed by atoms with E-state index in [0.717, 1.165) is 22.5 Å². The second-order valence-corrected chi connectivity index (χ2v) is 6.92. The molecule has 1 saturated heterocycles. The molecule has 2 aromatic carbocycles. The van der Waals surface area contributed by atoms with Gasteiger partial charge in [-0.2, -0.15) is 0 Å². The summed E-state index contributed by atoms with van der Waals surface area (Å²) in [6.07, 6.45) is 0.500. The molecule has 4 nitrogen and oxygen atoms in total. The first-order valence-corrected chi connectivity index (χ1v) is 8.63. The Labute approximate surface area is 152 Å². The number of para-hydroxylation sites is 1. The fourth-order valence-corrected chi connectivity index (χ4v) is 4.09. The zero-order valence-corrected chi connectivity index (χ0v) is 14.8. The third-order valence-electron chi connectivity index (χ3n) is 4.99. The Balaban J connectivity index is 1.67. The van der Waals surface area contributed by atoms with E-state index in [1.807, 2.05) is 47.4 Å². The van der Waals surface area contributed by atoms with Crippen LogP contribution >= 0.6 is 12.2 Å². The second-order valence-electron chi connectivity index (χ2n) is 6.53. The minimum absolute atomic E-state index is 0.0107. The second kappa shape index (κ2) is 5.70. The maximum atomic E-state index is 13.0. The van der Waals surface area contributed by atoms with Crippen LogP contribution in [0.5, 0.6) is 0 Å². The first-order valence-electron chi connectivity index (χ1n) is 8.22. The van der Waals surface area contributed by atoms with E-state index in [-0.39, 0.29) is 5.91 Å². The van der Waals surface area contributed by atoms with Crippen molar-refractivity contribution in [2.75, 3.05) is 11.9 Å². The number of carbonyl (C=O) groups excluding carboxylic acids is 1. The maximum Gasteiger partial charge on any atom is 0.257 e. The molecule has 1 atom stereocenters. The van der Waals surface area contributed by atoms with Crippen LogP contribution in [0.15, 0.2) is 66.9 Å². The van der Waals surface area contributed by atoms with E-state index in [1.165, 1.54) is 0 Å². The van der Waals surface area contributed by atoms with Crippen molar-refractivity contribution in [2.24, 2.45) is 0 Å². The van der Waals surface area contributed by atoms with Crippen molar-refractivity contribution in [3.63, 3.8) is 0 Å². The van der Waals surface area contributed by atoms with Crippen LogP contribution in [0, 0.1) is 0 Å².